The number of rotatable bonds is 3. The molecule has 27 heavy (non-hydrogen) atoms. The summed E-state index contributed by atoms with van der Waals surface area (Å²) in [5, 5.41) is 14.9. The van der Waals surface area contributed by atoms with Crippen molar-refractivity contribution in [2.24, 2.45) is 0 Å². The van der Waals surface area contributed by atoms with Crippen molar-refractivity contribution in [3.8, 4) is 17.2 Å². The molecule has 0 spiro atoms. The topological polar surface area (TPSA) is 69.0 Å². The van der Waals surface area contributed by atoms with Gasteiger partial charge in [-0.1, -0.05) is 12.1 Å². The highest BCUT2D eigenvalue weighted by Crippen LogP contribution is 2.32. The maximum absolute atomic E-state index is 11.6. The molecule has 134 valence electrons. The molecule has 1 aromatic heterocycles. The van der Waals surface area contributed by atoms with Gasteiger partial charge in [0, 0.05) is 49.5 Å². The zero-order valence-electron chi connectivity index (χ0n) is 15.1. The van der Waals surface area contributed by atoms with Crippen molar-refractivity contribution < 1.29 is 4.79 Å². The summed E-state index contributed by atoms with van der Waals surface area (Å²) in [5.41, 5.74) is 3.71. The Morgan fingerprint density at radius 2 is 2.15 bits per heavy atom. The highest BCUT2D eigenvalue weighted by Gasteiger charge is 2.24. The lowest BCUT2D eigenvalue weighted by atomic mass is 9.99. The average Bonchev–Trinajstić information content (AvgIpc) is 3.17. The minimum absolute atomic E-state index is 0.118. The van der Waals surface area contributed by atoms with Gasteiger partial charge in [-0.05, 0) is 53.3 Å². The van der Waals surface area contributed by atoms with Crippen molar-refractivity contribution >= 4 is 22.4 Å². The van der Waals surface area contributed by atoms with Crippen molar-refractivity contribution in [1.29, 1.82) is 5.26 Å². The zero-order chi connectivity index (χ0) is 18.8. The van der Waals surface area contributed by atoms with Gasteiger partial charge >= 0.3 is 0 Å². The van der Waals surface area contributed by atoms with E-state index in [9.17, 15) is 10.1 Å². The van der Waals surface area contributed by atoms with E-state index in [1.165, 1.54) is 0 Å². The quantitative estimate of drug-likeness (QED) is 0.775. The number of pyridine rings is 1. The number of nitrogens with zero attached hydrogens (tertiary/aromatic N) is 3. The van der Waals surface area contributed by atoms with E-state index in [0.717, 1.165) is 40.6 Å². The van der Waals surface area contributed by atoms with Crippen LogP contribution in [-0.4, -0.2) is 34.9 Å². The summed E-state index contributed by atoms with van der Waals surface area (Å²) in [6.07, 6.45) is 4.58. The van der Waals surface area contributed by atoms with E-state index in [1.807, 2.05) is 41.4 Å². The average molecular weight is 356 g/mol. The molecule has 4 rings (SSSR count). The van der Waals surface area contributed by atoms with Gasteiger partial charge in [0.2, 0.25) is 5.91 Å². The molecule has 2 aromatic carbocycles. The lowest BCUT2D eigenvalue weighted by Gasteiger charge is -2.18. The number of nitriles is 1. The predicted octanol–water partition coefficient (Wildman–Crippen LogP) is 3.81. The van der Waals surface area contributed by atoms with Crippen LogP contribution in [0.2, 0.25) is 0 Å². The molecule has 1 unspecified atom stereocenters. The lowest BCUT2D eigenvalue weighted by molar-refractivity contribution is -0.127. The Kier molecular flexibility index (Phi) is 4.47. The minimum atomic E-state index is 0.118. The van der Waals surface area contributed by atoms with Crippen LogP contribution >= 0.6 is 0 Å². The van der Waals surface area contributed by atoms with Gasteiger partial charge in [0.1, 0.15) is 0 Å². The molecule has 0 aliphatic carbocycles. The molecule has 0 saturated carbocycles. The van der Waals surface area contributed by atoms with E-state index in [-0.39, 0.29) is 11.9 Å². The fourth-order valence-electron chi connectivity index (χ4n) is 3.64. The number of fused-ring (bicyclic) bond motifs is 1. The highest BCUT2D eigenvalue weighted by atomic mass is 16.2. The Balaban J connectivity index is 1.73. The molecule has 5 heteroatoms. The fourth-order valence-corrected chi connectivity index (χ4v) is 3.64. The Morgan fingerprint density at radius 3 is 2.93 bits per heavy atom. The molecule has 3 aromatic rings. The second-order valence-corrected chi connectivity index (χ2v) is 6.91. The smallest absolute Gasteiger partial charge is 0.219 e. The van der Waals surface area contributed by atoms with E-state index in [4.69, 9.17) is 0 Å². The molecule has 1 aliphatic rings. The molecule has 1 fully saturated rings. The van der Waals surface area contributed by atoms with Gasteiger partial charge in [-0.3, -0.25) is 9.78 Å². The molecule has 1 saturated heterocycles. The normalized spacial score (nSPS) is 16.3. The van der Waals surface area contributed by atoms with E-state index in [2.05, 4.69) is 28.5 Å². The second-order valence-electron chi connectivity index (χ2n) is 6.91. The van der Waals surface area contributed by atoms with Crippen LogP contribution in [0.25, 0.3) is 21.9 Å². The number of carbonyl (C=O) groups excluding carboxylic acids is 1. The number of carbonyl (C=O) groups is 1. The van der Waals surface area contributed by atoms with Gasteiger partial charge in [0.15, 0.2) is 0 Å². The van der Waals surface area contributed by atoms with Crippen LogP contribution in [0.1, 0.15) is 18.9 Å². The number of amides is 1. The molecule has 0 bridgehead atoms. The van der Waals surface area contributed by atoms with E-state index >= 15 is 0 Å². The summed E-state index contributed by atoms with van der Waals surface area (Å²) in [4.78, 5) is 17.8. The third-order valence-corrected chi connectivity index (χ3v) is 5.07. The Bertz CT molecular complexity index is 1050. The van der Waals surface area contributed by atoms with Crippen LogP contribution in [0, 0.1) is 11.3 Å². The zero-order valence-corrected chi connectivity index (χ0v) is 15.1. The standard InChI is InChI=1S/C22H20N4O/c1-15(27)26-8-6-20(14-26)25-22-11-19(10-18-5-7-24-13-21(18)22)17-4-2-3-16(9-17)12-23/h2-5,7,9-11,13,20,25H,6,8,14H2,1H3. The van der Waals surface area contributed by atoms with E-state index in [0.29, 0.717) is 12.1 Å². The first kappa shape index (κ1) is 17.0. The molecular weight excluding hydrogens is 336 g/mol. The molecule has 1 amide bonds. The summed E-state index contributed by atoms with van der Waals surface area (Å²) < 4.78 is 0. The largest absolute Gasteiger partial charge is 0.380 e. The first-order valence-corrected chi connectivity index (χ1v) is 9.04. The van der Waals surface area contributed by atoms with Gasteiger partial charge in [0.05, 0.1) is 11.6 Å². The van der Waals surface area contributed by atoms with Crippen LogP contribution in [0.4, 0.5) is 5.69 Å². The van der Waals surface area contributed by atoms with Crippen LogP contribution in [0.5, 0.6) is 0 Å². The number of benzene rings is 2. The minimum Gasteiger partial charge on any atom is -0.380 e. The lowest BCUT2D eigenvalue weighted by Crippen LogP contribution is -2.29. The Morgan fingerprint density at radius 1 is 1.26 bits per heavy atom. The van der Waals surface area contributed by atoms with Gasteiger partial charge < -0.3 is 10.2 Å². The van der Waals surface area contributed by atoms with Crippen molar-refractivity contribution in [1.82, 2.24) is 9.88 Å². The number of nitrogens with one attached hydrogen (secondary N) is 1. The maximum Gasteiger partial charge on any atom is 0.219 e. The number of anilines is 1. The van der Waals surface area contributed by atoms with E-state index in [1.54, 1.807) is 13.1 Å². The summed E-state index contributed by atoms with van der Waals surface area (Å²) in [6, 6.07) is 16.3. The first-order chi connectivity index (χ1) is 13.1. The number of likely N-dealkylation sites (tertiary alicyclic amines) is 1. The predicted molar refractivity (Wildman–Crippen MR) is 106 cm³/mol. The van der Waals surface area contributed by atoms with Gasteiger partial charge in [-0.2, -0.15) is 5.26 Å². The molecule has 1 aliphatic heterocycles. The third kappa shape index (κ3) is 3.47. The molecular formula is C22H20N4O. The summed E-state index contributed by atoms with van der Waals surface area (Å²) in [7, 11) is 0. The van der Waals surface area contributed by atoms with Crippen LogP contribution in [0.3, 0.4) is 0 Å². The summed E-state index contributed by atoms with van der Waals surface area (Å²) in [6.45, 7) is 3.11. The Labute approximate surface area is 158 Å². The molecule has 1 N–H and O–H groups in total. The summed E-state index contributed by atoms with van der Waals surface area (Å²) in [5.74, 6) is 0.118. The van der Waals surface area contributed by atoms with Crippen molar-refractivity contribution in [3.05, 3.63) is 60.4 Å². The van der Waals surface area contributed by atoms with Gasteiger partial charge in [0.25, 0.3) is 0 Å². The monoisotopic (exact) mass is 356 g/mol. The van der Waals surface area contributed by atoms with E-state index < -0.39 is 0 Å². The van der Waals surface area contributed by atoms with Gasteiger partial charge in [-0.25, -0.2) is 0 Å². The number of hydrogen-bond donors (Lipinski definition) is 1. The second kappa shape index (κ2) is 7.08. The molecule has 2 heterocycles. The molecule has 1 atom stereocenters. The number of hydrogen-bond acceptors (Lipinski definition) is 4. The van der Waals surface area contributed by atoms with Crippen molar-refractivity contribution in [2.45, 2.75) is 19.4 Å². The third-order valence-electron chi connectivity index (χ3n) is 5.07. The SMILES string of the molecule is CC(=O)N1CCC(Nc2cc(-c3cccc(C#N)c3)cc3ccncc23)C1. The first-order valence-electron chi connectivity index (χ1n) is 9.04. The number of aromatic nitrogens is 1. The van der Waals surface area contributed by atoms with Crippen LogP contribution in [-0.2, 0) is 4.79 Å². The highest BCUT2D eigenvalue weighted by molar-refractivity contribution is 5.97. The Hall–Kier alpha value is -3.39. The van der Waals surface area contributed by atoms with Crippen LogP contribution in [0.15, 0.2) is 54.9 Å². The van der Waals surface area contributed by atoms with Crippen molar-refractivity contribution in [3.63, 3.8) is 0 Å². The fraction of sp³-hybridized carbons (Fsp3) is 0.227. The maximum atomic E-state index is 11.6. The molecule has 0 radical (unpaired) electrons. The van der Waals surface area contributed by atoms with Gasteiger partial charge in [-0.15, -0.1) is 0 Å². The van der Waals surface area contributed by atoms with Crippen LogP contribution < -0.4 is 5.32 Å². The summed E-state index contributed by atoms with van der Waals surface area (Å²) >= 11 is 0. The van der Waals surface area contributed by atoms with Crippen molar-refractivity contribution in [2.75, 3.05) is 18.4 Å². The molecule has 5 nitrogen and oxygen atoms in total.